The lowest BCUT2D eigenvalue weighted by Crippen LogP contribution is -2.41. The van der Waals surface area contributed by atoms with E-state index in [2.05, 4.69) is 5.32 Å². The zero-order chi connectivity index (χ0) is 24.0. The molecule has 0 aliphatic carbocycles. The van der Waals surface area contributed by atoms with Crippen molar-refractivity contribution in [3.8, 4) is 0 Å². The first kappa shape index (κ1) is 24.7. The molecule has 1 heterocycles. The molecule has 0 atom stereocenters. The van der Waals surface area contributed by atoms with Gasteiger partial charge in [0.2, 0.25) is 15.9 Å². The second-order valence-electron chi connectivity index (χ2n) is 8.12. The maximum atomic E-state index is 13.0. The molecule has 0 spiro atoms. The number of anilines is 1. The zero-order valence-electron chi connectivity index (χ0n) is 19.2. The molecule has 1 saturated heterocycles. The van der Waals surface area contributed by atoms with Crippen LogP contribution in [0.1, 0.15) is 36.5 Å². The molecule has 0 aromatic heterocycles. The highest BCUT2D eigenvalue weighted by Crippen LogP contribution is 2.26. The van der Waals surface area contributed by atoms with E-state index in [1.807, 2.05) is 19.9 Å². The summed E-state index contributed by atoms with van der Waals surface area (Å²) in [6.45, 7) is 6.54. The third kappa shape index (κ3) is 6.30. The summed E-state index contributed by atoms with van der Waals surface area (Å²) in [5.41, 5.74) is 3.45. The molecule has 1 amide bonds. The molecule has 1 fully saturated rings. The van der Waals surface area contributed by atoms with Crippen LogP contribution in [0.3, 0.4) is 0 Å². The quantitative estimate of drug-likeness (QED) is 0.489. The molecule has 2 aromatic rings. The van der Waals surface area contributed by atoms with Gasteiger partial charge in [-0.2, -0.15) is 4.31 Å². The largest absolute Gasteiger partial charge is 0.463 e. The van der Waals surface area contributed by atoms with E-state index < -0.39 is 16.0 Å². The van der Waals surface area contributed by atoms with Crippen molar-refractivity contribution in [2.75, 3.05) is 25.0 Å². The van der Waals surface area contributed by atoms with Gasteiger partial charge >= 0.3 is 5.97 Å². The number of ether oxygens (including phenoxy) is 1. The Kier molecular flexibility index (Phi) is 8.05. The maximum absolute atomic E-state index is 13.0. The summed E-state index contributed by atoms with van der Waals surface area (Å²) in [6, 6.07) is 12.3. The number of aryl methyl sites for hydroxylation is 2. The number of hydrogen-bond acceptors (Lipinski definition) is 5. The third-order valence-corrected chi connectivity index (χ3v) is 7.71. The first-order valence-electron chi connectivity index (χ1n) is 11.0. The number of carbonyl (C=O) groups excluding carboxylic acids is 2. The van der Waals surface area contributed by atoms with Crippen molar-refractivity contribution in [3.63, 3.8) is 0 Å². The molecule has 1 aliphatic rings. The van der Waals surface area contributed by atoms with Gasteiger partial charge in [-0.3, -0.25) is 4.79 Å². The van der Waals surface area contributed by atoms with Gasteiger partial charge in [0, 0.05) is 30.8 Å². The van der Waals surface area contributed by atoms with E-state index in [0.717, 1.165) is 16.7 Å². The molecule has 33 heavy (non-hydrogen) atoms. The van der Waals surface area contributed by atoms with Gasteiger partial charge < -0.3 is 10.1 Å². The number of carbonyl (C=O) groups is 2. The van der Waals surface area contributed by atoms with Crippen molar-refractivity contribution in [1.82, 2.24) is 4.31 Å². The minimum atomic E-state index is -3.57. The van der Waals surface area contributed by atoms with E-state index in [4.69, 9.17) is 4.74 Å². The molecule has 0 unspecified atom stereocenters. The average molecular weight is 471 g/mol. The fourth-order valence-corrected chi connectivity index (χ4v) is 5.21. The van der Waals surface area contributed by atoms with Gasteiger partial charge in [-0.05, 0) is 80.6 Å². The lowest BCUT2D eigenvalue weighted by atomic mass is 9.97. The van der Waals surface area contributed by atoms with Gasteiger partial charge in [0.15, 0.2) is 0 Å². The van der Waals surface area contributed by atoms with E-state index in [0.29, 0.717) is 43.1 Å². The van der Waals surface area contributed by atoms with Crippen molar-refractivity contribution < 1.29 is 22.7 Å². The summed E-state index contributed by atoms with van der Waals surface area (Å²) in [5, 5.41) is 2.90. The molecule has 1 aliphatic heterocycles. The van der Waals surface area contributed by atoms with Crippen LogP contribution in [0.25, 0.3) is 6.08 Å². The predicted octanol–water partition coefficient (Wildman–Crippen LogP) is 3.92. The number of sulfonamides is 1. The number of amides is 1. The van der Waals surface area contributed by atoms with Gasteiger partial charge in [0.1, 0.15) is 0 Å². The molecular weight excluding hydrogens is 440 g/mol. The Hall–Kier alpha value is -2.97. The van der Waals surface area contributed by atoms with Crippen LogP contribution in [0, 0.1) is 19.8 Å². The van der Waals surface area contributed by atoms with Crippen LogP contribution < -0.4 is 5.32 Å². The Morgan fingerprint density at radius 3 is 2.33 bits per heavy atom. The highest BCUT2D eigenvalue weighted by molar-refractivity contribution is 7.89. The Balaban J connectivity index is 1.55. The summed E-state index contributed by atoms with van der Waals surface area (Å²) >= 11 is 0. The number of benzene rings is 2. The maximum Gasteiger partial charge on any atom is 0.330 e. The van der Waals surface area contributed by atoms with Crippen molar-refractivity contribution in [3.05, 3.63) is 65.2 Å². The van der Waals surface area contributed by atoms with Gasteiger partial charge in [-0.1, -0.05) is 18.2 Å². The molecular formula is C25H30N2O5S. The number of hydrogen-bond donors (Lipinski definition) is 1. The molecule has 2 aromatic carbocycles. The summed E-state index contributed by atoms with van der Waals surface area (Å²) < 4.78 is 32.3. The monoisotopic (exact) mass is 470 g/mol. The summed E-state index contributed by atoms with van der Waals surface area (Å²) in [4.78, 5) is 24.4. The van der Waals surface area contributed by atoms with Crippen molar-refractivity contribution in [2.45, 2.75) is 38.5 Å². The van der Waals surface area contributed by atoms with Crippen LogP contribution in [-0.2, 0) is 24.3 Å². The van der Waals surface area contributed by atoms with Crippen LogP contribution in [0.15, 0.2) is 53.4 Å². The molecule has 8 heteroatoms. The SMILES string of the molecule is CCOC(=O)/C=C/c1ccc(NC(=O)C2CCN(S(=O)(=O)c3ccc(C)c(C)c3)CC2)cc1. The average Bonchev–Trinajstić information content (AvgIpc) is 2.80. The number of nitrogens with one attached hydrogen (secondary N) is 1. The second-order valence-corrected chi connectivity index (χ2v) is 10.1. The Morgan fingerprint density at radius 2 is 1.73 bits per heavy atom. The Morgan fingerprint density at radius 1 is 1.06 bits per heavy atom. The molecule has 3 rings (SSSR count). The van der Waals surface area contributed by atoms with Crippen LogP contribution in [0.4, 0.5) is 5.69 Å². The first-order valence-corrected chi connectivity index (χ1v) is 12.5. The van der Waals surface area contributed by atoms with Crippen LogP contribution in [0.2, 0.25) is 0 Å². The van der Waals surface area contributed by atoms with Gasteiger partial charge in [-0.15, -0.1) is 0 Å². The number of nitrogens with zero attached hydrogens (tertiary/aromatic N) is 1. The smallest absolute Gasteiger partial charge is 0.330 e. The van der Waals surface area contributed by atoms with Crippen molar-refractivity contribution in [1.29, 1.82) is 0 Å². The first-order chi connectivity index (χ1) is 15.7. The molecule has 0 radical (unpaired) electrons. The number of piperidine rings is 1. The van der Waals surface area contributed by atoms with Gasteiger partial charge in [0.05, 0.1) is 11.5 Å². The minimum absolute atomic E-state index is 0.118. The van der Waals surface area contributed by atoms with Gasteiger partial charge in [0.25, 0.3) is 0 Å². The van der Waals surface area contributed by atoms with Gasteiger partial charge in [-0.25, -0.2) is 13.2 Å². The van der Waals surface area contributed by atoms with E-state index >= 15 is 0 Å². The molecule has 7 nitrogen and oxygen atoms in total. The minimum Gasteiger partial charge on any atom is -0.463 e. The number of rotatable bonds is 7. The van der Waals surface area contributed by atoms with Crippen LogP contribution >= 0.6 is 0 Å². The summed E-state index contributed by atoms with van der Waals surface area (Å²) in [6.07, 6.45) is 3.94. The molecule has 1 N–H and O–H groups in total. The van der Waals surface area contributed by atoms with Crippen LogP contribution in [0.5, 0.6) is 0 Å². The van der Waals surface area contributed by atoms with E-state index in [1.54, 1.807) is 49.4 Å². The number of esters is 1. The highest BCUT2D eigenvalue weighted by atomic mass is 32.2. The van der Waals surface area contributed by atoms with E-state index in [1.165, 1.54) is 10.4 Å². The Labute approximate surface area is 195 Å². The third-order valence-electron chi connectivity index (χ3n) is 5.82. The predicted molar refractivity (Wildman–Crippen MR) is 128 cm³/mol. The lowest BCUT2D eigenvalue weighted by Gasteiger charge is -2.30. The summed E-state index contributed by atoms with van der Waals surface area (Å²) in [7, 11) is -3.57. The van der Waals surface area contributed by atoms with Crippen LogP contribution in [-0.4, -0.2) is 44.3 Å². The Bertz CT molecular complexity index is 1130. The topological polar surface area (TPSA) is 92.8 Å². The standard InChI is InChI=1S/C25H30N2O5S/c1-4-32-24(28)12-8-20-6-9-22(10-7-20)26-25(29)21-13-15-27(16-14-21)33(30,31)23-11-5-18(2)19(3)17-23/h5-12,17,21H,4,13-16H2,1-3H3,(H,26,29)/b12-8+. The second kappa shape index (κ2) is 10.8. The van der Waals surface area contributed by atoms with Crippen molar-refractivity contribution >= 4 is 33.7 Å². The van der Waals surface area contributed by atoms with Crippen molar-refractivity contribution in [2.24, 2.45) is 5.92 Å². The highest BCUT2D eigenvalue weighted by Gasteiger charge is 2.32. The summed E-state index contributed by atoms with van der Waals surface area (Å²) in [5.74, 6) is -0.770. The van der Waals surface area contributed by atoms with E-state index in [9.17, 15) is 18.0 Å². The normalized spacial score (nSPS) is 15.5. The zero-order valence-corrected chi connectivity index (χ0v) is 20.0. The fourth-order valence-electron chi connectivity index (χ4n) is 3.66. The molecule has 176 valence electrons. The lowest BCUT2D eigenvalue weighted by molar-refractivity contribution is -0.137. The molecule has 0 bridgehead atoms. The molecule has 0 saturated carbocycles. The fraction of sp³-hybridized carbons (Fsp3) is 0.360. The van der Waals surface area contributed by atoms with E-state index in [-0.39, 0.29) is 11.8 Å².